The zero-order valence-corrected chi connectivity index (χ0v) is 43.7. The first-order chi connectivity index (χ1) is 38.5. The SMILES string of the molecule is CC1(C)c2cc(-c3ccccc3)ccc2-c2ccc(N(c3ccc(C4C=c5c(n(-c6ccccc6)c6ccccc56)=CC4)cc3)c3cccc4c3-c3ccccc3C43c4ccccc4-c4c(-c5ccccc5)cccc43)cc21. The van der Waals surface area contributed by atoms with Crippen LogP contribution in [0.4, 0.5) is 17.1 Å². The Labute approximate surface area is 455 Å². The summed E-state index contributed by atoms with van der Waals surface area (Å²) in [6, 6.07) is 97.9. The van der Waals surface area contributed by atoms with Crippen LogP contribution in [-0.2, 0) is 10.8 Å². The average molecular weight is 995 g/mol. The first-order valence-electron chi connectivity index (χ1n) is 27.6. The van der Waals surface area contributed by atoms with Gasteiger partial charge < -0.3 is 9.47 Å². The molecule has 4 aliphatic carbocycles. The monoisotopic (exact) mass is 994 g/mol. The van der Waals surface area contributed by atoms with Crippen LogP contribution in [0.5, 0.6) is 0 Å². The van der Waals surface area contributed by atoms with Gasteiger partial charge in [-0.15, -0.1) is 0 Å². The second-order valence-corrected chi connectivity index (χ2v) is 22.2. The molecule has 1 aromatic heterocycles. The zero-order valence-electron chi connectivity index (χ0n) is 43.7. The van der Waals surface area contributed by atoms with Crippen molar-refractivity contribution in [1.82, 2.24) is 4.57 Å². The quantitative estimate of drug-likeness (QED) is 0.154. The molecule has 1 spiro atoms. The van der Waals surface area contributed by atoms with Gasteiger partial charge in [-0.25, -0.2) is 0 Å². The van der Waals surface area contributed by atoms with Crippen molar-refractivity contribution < 1.29 is 0 Å². The van der Waals surface area contributed by atoms with Crippen LogP contribution in [0.25, 0.3) is 84.4 Å². The highest BCUT2D eigenvalue weighted by Crippen LogP contribution is 2.66. The highest BCUT2D eigenvalue weighted by Gasteiger charge is 2.53. The van der Waals surface area contributed by atoms with Crippen molar-refractivity contribution in [2.24, 2.45) is 0 Å². The van der Waals surface area contributed by atoms with E-state index in [9.17, 15) is 0 Å². The van der Waals surface area contributed by atoms with Crippen LogP contribution < -0.4 is 15.5 Å². The Kier molecular flexibility index (Phi) is 9.76. The van der Waals surface area contributed by atoms with E-state index in [4.69, 9.17) is 0 Å². The fourth-order valence-corrected chi connectivity index (χ4v) is 14.5. The molecule has 16 rings (SSSR count). The van der Waals surface area contributed by atoms with E-state index in [1.807, 2.05) is 0 Å². The third-order valence-electron chi connectivity index (χ3n) is 17.9. The normalized spacial score (nSPS) is 16.5. The lowest BCUT2D eigenvalue weighted by Crippen LogP contribution is -2.31. The largest absolute Gasteiger partial charge is 0.310 e. The highest BCUT2D eigenvalue weighted by atomic mass is 15.1. The molecule has 0 amide bonds. The van der Waals surface area contributed by atoms with Crippen molar-refractivity contribution in [3.8, 4) is 61.3 Å². The molecule has 0 aliphatic heterocycles. The number of fused-ring (bicyclic) bond motifs is 16. The van der Waals surface area contributed by atoms with Crippen molar-refractivity contribution in [3.05, 3.63) is 310 Å². The molecule has 0 fully saturated rings. The van der Waals surface area contributed by atoms with E-state index in [2.05, 4.69) is 296 Å². The minimum absolute atomic E-state index is 0.228. The van der Waals surface area contributed by atoms with E-state index in [1.54, 1.807) is 0 Å². The number of rotatable bonds is 7. The number of hydrogen-bond acceptors (Lipinski definition) is 1. The van der Waals surface area contributed by atoms with Gasteiger partial charge in [0.2, 0.25) is 0 Å². The molecule has 11 aromatic carbocycles. The molecule has 368 valence electrons. The Bertz CT molecular complexity index is 4540. The standard InChI is InChI=1S/C76H54N2/c1-75(2)68-47-53(49-20-6-3-7-21-49)38-43-58(68)59-44-42-56(48-69(59)75)77(55-40-36-50(37-41-55)52-39-45-71-63(46-52)60-26-14-17-34-70(60)78(71)54-24-10-5-11-25-54)72-35-19-33-67-74(72)62-28-13-16-31-65(62)76(67)64-30-15-12-27-61(64)73-57(29-18-32-66(73)76)51-22-8-4-9-23-51/h3-38,40-48,52H,39H2,1-2H3. The zero-order chi connectivity index (χ0) is 51.7. The number of anilines is 3. The molecule has 2 nitrogen and oxygen atoms in total. The summed E-state index contributed by atoms with van der Waals surface area (Å²) in [5.41, 5.74) is 27.3. The van der Waals surface area contributed by atoms with Crippen molar-refractivity contribution in [1.29, 1.82) is 0 Å². The van der Waals surface area contributed by atoms with Crippen LogP contribution >= 0.6 is 0 Å². The second kappa shape index (κ2) is 17.0. The Morgan fingerprint density at radius 2 is 0.974 bits per heavy atom. The number of benzene rings is 11. The van der Waals surface area contributed by atoms with Gasteiger partial charge >= 0.3 is 0 Å². The summed E-state index contributed by atoms with van der Waals surface area (Å²) in [5, 5.41) is 3.88. The minimum Gasteiger partial charge on any atom is -0.310 e. The molecular formula is C76H54N2. The van der Waals surface area contributed by atoms with Crippen molar-refractivity contribution in [2.45, 2.75) is 37.0 Å². The molecule has 0 saturated carbocycles. The van der Waals surface area contributed by atoms with Gasteiger partial charge in [-0.05, 0) is 150 Å². The van der Waals surface area contributed by atoms with Crippen LogP contribution in [0, 0.1) is 0 Å². The maximum absolute atomic E-state index is 2.57. The number of nitrogens with zero attached hydrogens (tertiary/aromatic N) is 2. The molecule has 0 bridgehead atoms. The molecule has 1 heterocycles. The number of aromatic nitrogens is 1. The van der Waals surface area contributed by atoms with E-state index in [1.165, 1.54) is 127 Å². The van der Waals surface area contributed by atoms with Gasteiger partial charge in [0.15, 0.2) is 0 Å². The predicted octanol–water partition coefficient (Wildman–Crippen LogP) is 17.8. The number of hydrogen-bond donors (Lipinski definition) is 0. The smallest absolute Gasteiger partial charge is 0.0726 e. The van der Waals surface area contributed by atoms with Gasteiger partial charge in [-0.3, -0.25) is 0 Å². The average Bonchev–Trinajstić information content (AvgIpc) is 4.17. The Hall–Kier alpha value is -9.50. The van der Waals surface area contributed by atoms with E-state index >= 15 is 0 Å². The van der Waals surface area contributed by atoms with Gasteiger partial charge in [-0.2, -0.15) is 0 Å². The van der Waals surface area contributed by atoms with Gasteiger partial charge in [0.1, 0.15) is 0 Å². The van der Waals surface area contributed by atoms with Crippen LogP contribution in [0.15, 0.2) is 261 Å². The minimum atomic E-state index is -0.526. The molecule has 2 unspecified atom stereocenters. The maximum atomic E-state index is 2.57. The van der Waals surface area contributed by atoms with Gasteiger partial charge in [-0.1, -0.05) is 232 Å². The summed E-state index contributed by atoms with van der Waals surface area (Å²) in [6.45, 7) is 4.82. The molecule has 2 heteroatoms. The van der Waals surface area contributed by atoms with Crippen LogP contribution in [-0.4, -0.2) is 4.57 Å². The molecule has 4 aliphatic rings. The van der Waals surface area contributed by atoms with Crippen LogP contribution in [0.1, 0.15) is 65.1 Å². The lowest BCUT2D eigenvalue weighted by Gasteiger charge is -2.32. The van der Waals surface area contributed by atoms with Crippen molar-refractivity contribution >= 4 is 40.1 Å². The lowest BCUT2D eigenvalue weighted by molar-refractivity contribution is 0.660. The summed E-state index contributed by atoms with van der Waals surface area (Å²) in [7, 11) is 0. The Balaban J connectivity index is 0.888. The third kappa shape index (κ3) is 6.32. The molecule has 0 saturated heterocycles. The second-order valence-electron chi connectivity index (χ2n) is 22.2. The fraction of sp³-hybridized carbons (Fsp3) is 0.0789. The molecule has 78 heavy (non-hydrogen) atoms. The van der Waals surface area contributed by atoms with Gasteiger partial charge in [0, 0.05) is 49.9 Å². The summed E-state index contributed by atoms with van der Waals surface area (Å²) in [6.07, 6.45) is 5.91. The molecule has 0 N–H and O–H groups in total. The first kappa shape index (κ1) is 44.8. The Morgan fingerprint density at radius 1 is 0.410 bits per heavy atom. The fourth-order valence-electron chi connectivity index (χ4n) is 14.5. The first-order valence-corrected chi connectivity index (χ1v) is 27.6. The summed E-state index contributed by atoms with van der Waals surface area (Å²) >= 11 is 0. The molecule has 0 radical (unpaired) electrons. The Morgan fingerprint density at radius 3 is 1.72 bits per heavy atom. The van der Waals surface area contributed by atoms with Crippen molar-refractivity contribution in [3.63, 3.8) is 0 Å². The van der Waals surface area contributed by atoms with E-state index < -0.39 is 5.41 Å². The van der Waals surface area contributed by atoms with Crippen molar-refractivity contribution in [2.75, 3.05) is 4.90 Å². The highest BCUT2D eigenvalue weighted by molar-refractivity contribution is 6.04. The molecule has 12 aromatic rings. The maximum Gasteiger partial charge on any atom is 0.0726 e. The molecule has 2 atom stereocenters. The number of para-hydroxylation sites is 2. The third-order valence-corrected chi connectivity index (χ3v) is 17.9. The van der Waals surface area contributed by atoms with E-state index in [0.29, 0.717) is 0 Å². The van der Waals surface area contributed by atoms with Gasteiger partial charge in [0.25, 0.3) is 0 Å². The lowest BCUT2D eigenvalue weighted by atomic mass is 9.70. The van der Waals surface area contributed by atoms with Gasteiger partial charge in [0.05, 0.1) is 16.6 Å². The predicted molar refractivity (Wildman–Crippen MR) is 325 cm³/mol. The van der Waals surface area contributed by atoms with E-state index in [-0.39, 0.29) is 11.3 Å². The summed E-state index contributed by atoms with van der Waals surface area (Å²) in [5.74, 6) is 0.228. The summed E-state index contributed by atoms with van der Waals surface area (Å²) < 4.78 is 2.43. The molecular weight excluding hydrogens is 941 g/mol. The van der Waals surface area contributed by atoms with Crippen LogP contribution in [0.3, 0.4) is 0 Å². The van der Waals surface area contributed by atoms with E-state index in [0.717, 1.165) is 17.8 Å². The summed E-state index contributed by atoms with van der Waals surface area (Å²) in [4.78, 5) is 2.57. The van der Waals surface area contributed by atoms with Crippen LogP contribution in [0.2, 0.25) is 0 Å². The topological polar surface area (TPSA) is 8.17 Å².